The van der Waals surface area contributed by atoms with Crippen molar-refractivity contribution in [3.63, 3.8) is 0 Å². The predicted octanol–water partition coefficient (Wildman–Crippen LogP) is 2.86. The second-order valence-corrected chi connectivity index (χ2v) is 4.14. The zero-order valence-corrected chi connectivity index (χ0v) is 8.23. The van der Waals surface area contributed by atoms with Gasteiger partial charge in [-0.1, -0.05) is 6.07 Å². The molecule has 82 valence electrons. The Kier molecular flexibility index (Phi) is 2.08. The van der Waals surface area contributed by atoms with Gasteiger partial charge in [-0.05, 0) is 43.0 Å². The molecule has 15 heavy (non-hydrogen) atoms. The Labute approximate surface area is 85.5 Å². The average molecular weight is 216 g/mol. The van der Waals surface area contributed by atoms with Crippen LogP contribution >= 0.6 is 0 Å². The largest absolute Gasteiger partial charge is 0.416 e. The Morgan fingerprint density at radius 1 is 1.33 bits per heavy atom. The summed E-state index contributed by atoms with van der Waals surface area (Å²) in [5.41, 5.74) is -0.385. The highest BCUT2D eigenvalue weighted by Gasteiger charge is 2.36. The fourth-order valence-corrected chi connectivity index (χ4v) is 2.02. The van der Waals surface area contributed by atoms with Gasteiger partial charge in [-0.15, -0.1) is 0 Å². The average Bonchev–Trinajstić information content (AvgIpc) is 2.41. The van der Waals surface area contributed by atoms with E-state index in [2.05, 4.69) is 0 Å². The summed E-state index contributed by atoms with van der Waals surface area (Å²) in [7, 11) is 0. The van der Waals surface area contributed by atoms with E-state index >= 15 is 0 Å². The van der Waals surface area contributed by atoms with Crippen molar-refractivity contribution in [3.05, 3.63) is 34.9 Å². The summed E-state index contributed by atoms with van der Waals surface area (Å²) in [6, 6.07) is 3.54. The molecule has 0 aliphatic heterocycles. The molecule has 1 aliphatic carbocycles. The summed E-state index contributed by atoms with van der Waals surface area (Å²) in [5.74, 6) is 0. The Hall–Kier alpha value is -1.03. The first-order valence-electron chi connectivity index (χ1n) is 4.74. The molecule has 4 heteroatoms. The van der Waals surface area contributed by atoms with Crippen LogP contribution in [0.25, 0.3) is 0 Å². The summed E-state index contributed by atoms with van der Waals surface area (Å²) < 4.78 is 37.2. The number of hydrogen-bond acceptors (Lipinski definition) is 1. The van der Waals surface area contributed by atoms with Crippen molar-refractivity contribution in [2.45, 2.75) is 31.5 Å². The maximum Gasteiger partial charge on any atom is 0.416 e. The Morgan fingerprint density at radius 3 is 2.60 bits per heavy atom. The van der Waals surface area contributed by atoms with Crippen LogP contribution in [0.15, 0.2) is 18.2 Å². The maximum atomic E-state index is 12.4. The Bertz CT molecular complexity index is 393. The van der Waals surface area contributed by atoms with Crippen molar-refractivity contribution in [2.24, 2.45) is 0 Å². The van der Waals surface area contributed by atoms with E-state index in [1.54, 1.807) is 6.92 Å². The molecule has 0 radical (unpaired) electrons. The van der Waals surface area contributed by atoms with Gasteiger partial charge in [0, 0.05) is 0 Å². The normalized spacial score (nSPS) is 25.4. The first kappa shape index (κ1) is 10.5. The molecule has 1 unspecified atom stereocenters. The Morgan fingerprint density at radius 2 is 2.00 bits per heavy atom. The van der Waals surface area contributed by atoms with E-state index in [0.29, 0.717) is 24.0 Å². The number of fused-ring (bicyclic) bond motifs is 1. The van der Waals surface area contributed by atoms with Crippen LogP contribution in [0.5, 0.6) is 0 Å². The van der Waals surface area contributed by atoms with Crippen LogP contribution in [0.3, 0.4) is 0 Å². The highest BCUT2D eigenvalue weighted by molar-refractivity contribution is 5.40. The van der Waals surface area contributed by atoms with E-state index in [0.717, 1.165) is 12.1 Å². The van der Waals surface area contributed by atoms with Gasteiger partial charge in [0.05, 0.1) is 11.2 Å². The van der Waals surface area contributed by atoms with Gasteiger partial charge in [-0.3, -0.25) is 0 Å². The van der Waals surface area contributed by atoms with E-state index in [1.165, 1.54) is 6.07 Å². The molecule has 0 saturated carbocycles. The molecule has 0 aromatic heterocycles. The number of halogens is 3. The fourth-order valence-electron chi connectivity index (χ4n) is 2.02. The highest BCUT2D eigenvalue weighted by Crippen LogP contribution is 2.39. The molecule has 0 amide bonds. The lowest BCUT2D eigenvalue weighted by molar-refractivity contribution is -0.137. The standard InChI is InChI=1S/C11H11F3O/c1-10(15)5-4-7-6-8(11(12,13)14)2-3-9(7)10/h2-3,6,15H,4-5H2,1H3. The minimum atomic E-state index is -4.30. The molecule has 1 aromatic rings. The fraction of sp³-hybridized carbons (Fsp3) is 0.455. The van der Waals surface area contributed by atoms with Gasteiger partial charge < -0.3 is 5.11 Å². The van der Waals surface area contributed by atoms with Crippen LogP contribution in [0.4, 0.5) is 13.2 Å². The summed E-state index contributed by atoms with van der Waals surface area (Å²) in [6.45, 7) is 1.63. The molecule has 1 nitrogen and oxygen atoms in total. The molecule has 1 aromatic carbocycles. The summed E-state index contributed by atoms with van der Waals surface area (Å²) in [5, 5.41) is 9.86. The summed E-state index contributed by atoms with van der Waals surface area (Å²) in [6.07, 6.45) is -3.31. The van der Waals surface area contributed by atoms with Gasteiger partial charge in [0.15, 0.2) is 0 Å². The lowest BCUT2D eigenvalue weighted by atomic mass is 9.97. The highest BCUT2D eigenvalue weighted by atomic mass is 19.4. The predicted molar refractivity (Wildman–Crippen MR) is 49.3 cm³/mol. The van der Waals surface area contributed by atoms with Gasteiger partial charge >= 0.3 is 6.18 Å². The van der Waals surface area contributed by atoms with Gasteiger partial charge in [0.2, 0.25) is 0 Å². The van der Waals surface area contributed by atoms with Crippen molar-refractivity contribution in [2.75, 3.05) is 0 Å². The van der Waals surface area contributed by atoms with E-state index < -0.39 is 17.3 Å². The van der Waals surface area contributed by atoms with Crippen molar-refractivity contribution >= 4 is 0 Å². The molecule has 1 N–H and O–H groups in total. The second-order valence-electron chi connectivity index (χ2n) is 4.14. The van der Waals surface area contributed by atoms with Crippen LogP contribution in [0.2, 0.25) is 0 Å². The molecule has 1 atom stereocenters. The molecule has 0 heterocycles. The molecule has 1 aliphatic rings. The molecule has 2 rings (SSSR count). The number of hydrogen-bond donors (Lipinski definition) is 1. The van der Waals surface area contributed by atoms with Crippen LogP contribution < -0.4 is 0 Å². The van der Waals surface area contributed by atoms with Crippen molar-refractivity contribution in [1.29, 1.82) is 0 Å². The second kappa shape index (κ2) is 2.98. The third kappa shape index (κ3) is 1.74. The number of benzene rings is 1. The van der Waals surface area contributed by atoms with E-state index in [9.17, 15) is 18.3 Å². The third-order valence-electron chi connectivity index (χ3n) is 2.89. The monoisotopic (exact) mass is 216 g/mol. The van der Waals surface area contributed by atoms with Crippen molar-refractivity contribution in [3.8, 4) is 0 Å². The van der Waals surface area contributed by atoms with Crippen molar-refractivity contribution < 1.29 is 18.3 Å². The number of alkyl halides is 3. The quantitative estimate of drug-likeness (QED) is 0.707. The zero-order chi connectivity index (χ0) is 11.3. The number of aryl methyl sites for hydroxylation is 1. The lowest BCUT2D eigenvalue weighted by Gasteiger charge is -2.18. The molecular weight excluding hydrogens is 205 g/mol. The minimum Gasteiger partial charge on any atom is -0.385 e. The van der Waals surface area contributed by atoms with Crippen LogP contribution in [-0.4, -0.2) is 5.11 Å². The van der Waals surface area contributed by atoms with Crippen LogP contribution in [-0.2, 0) is 18.2 Å². The SMILES string of the molecule is CC1(O)CCc2cc(C(F)(F)F)ccc21. The molecule has 0 fully saturated rings. The zero-order valence-electron chi connectivity index (χ0n) is 8.23. The third-order valence-corrected chi connectivity index (χ3v) is 2.89. The van der Waals surface area contributed by atoms with Gasteiger partial charge in [0.25, 0.3) is 0 Å². The first-order chi connectivity index (χ1) is 6.81. The lowest BCUT2D eigenvalue weighted by Crippen LogP contribution is -2.16. The van der Waals surface area contributed by atoms with Gasteiger partial charge in [-0.2, -0.15) is 13.2 Å². The van der Waals surface area contributed by atoms with Gasteiger partial charge in [0.1, 0.15) is 0 Å². The molecule has 0 bridgehead atoms. The minimum absolute atomic E-state index is 0.490. The Balaban J connectivity index is 2.47. The number of aliphatic hydroxyl groups is 1. The topological polar surface area (TPSA) is 20.2 Å². The van der Waals surface area contributed by atoms with Crippen molar-refractivity contribution in [1.82, 2.24) is 0 Å². The molecule has 0 spiro atoms. The van der Waals surface area contributed by atoms with Crippen LogP contribution in [0, 0.1) is 0 Å². The van der Waals surface area contributed by atoms with E-state index in [1.807, 2.05) is 0 Å². The maximum absolute atomic E-state index is 12.4. The smallest absolute Gasteiger partial charge is 0.385 e. The first-order valence-corrected chi connectivity index (χ1v) is 4.74. The summed E-state index contributed by atoms with van der Waals surface area (Å²) >= 11 is 0. The van der Waals surface area contributed by atoms with E-state index in [4.69, 9.17) is 0 Å². The molecular formula is C11H11F3O. The van der Waals surface area contributed by atoms with Crippen LogP contribution in [0.1, 0.15) is 30.0 Å². The number of rotatable bonds is 0. The molecule has 0 saturated heterocycles. The van der Waals surface area contributed by atoms with E-state index in [-0.39, 0.29) is 0 Å². The summed E-state index contributed by atoms with van der Waals surface area (Å²) in [4.78, 5) is 0. The van der Waals surface area contributed by atoms with Gasteiger partial charge in [-0.25, -0.2) is 0 Å².